The first-order valence-corrected chi connectivity index (χ1v) is 8.85. The van der Waals surface area contributed by atoms with Crippen LogP contribution >= 0.6 is 0 Å². The predicted octanol–water partition coefficient (Wildman–Crippen LogP) is 1.40. The molecule has 23 heavy (non-hydrogen) atoms. The molecule has 4 bridgehead atoms. The minimum absolute atomic E-state index is 0.169. The number of carbonyl (C=O) groups is 2. The molecule has 4 aliphatic carbocycles. The number of rotatable bonds is 2. The average molecular weight is 322 g/mol. The molecule has 1 heterocycles. The van der Waals surface area contributed by atoms with Gasteiger partial charge in [0.15, 0.2) is 0 Å². The van der Waals surface area contributed by atoms with Gasteiger partial charge in [0.05, 0.1) is 11.0 Å². The van der Waals surface area contributed by atoms with Gasteiger partial charge in [0.1, 0.15) is 6.10 Å². The number of piperidine rings is 1. The number of primary amides is 1. The Hall–Kier alpha value is -1.30. The Morgan fingerprint density at radius 2 is 1.70 bits per heavy atom. The lowest BCUT2D eigenvalue weighted by molar-refractivity contribution is -0.187. The van der Waals surface area contributed by atoms with E-state index in [2.05, 4.69) is 0 Å². The van der Waals surface area contributed by atoms with Crippen molar-refractivity contribution in [2.24, 2.45) is 23.0 Å². The second-order valence-corrected chi connectivity index (χ2v) is 8.39. The molecule has 1 saturated heterocycles. The Labute approximate surface area is 136 Å². The molecule has 1 aliphatic heterocycles. The van der Waals surface area contributed by atoms with Gasteiger partial charge >= 0.3 is 6.09 Å². The summed E-state index contributed by atoms with van der Waals surface area (Å²) in [7, 11) is 0. The zero-order chi connectivity index (χ0) is 16.2. The molecule has 5 fully saturated rings. The first-order valence-electron chi connectivity index (χ1n) is 8.85. The molecular formula is C17H26N2O4. The van der Waals surface area contributed by atoms with Crippen LogP contribution in [0.1, 0.15) is 51.4 Å². The van der Waals surface area contributed by atoms with Gasteiger partial charge in [-0.1, -0.05) is 0 Å². The van der Waals surface area contributed by atoms with Crippen LogP contribution in [0.25, 0.3) is 0 Å². The summed E-state index contributed by atoms with van der Waals surface area (Å²) in [6.45, 7) is 1.23. The summed E-state index contributed by atoms with van der Waals surface area (Å²) in [4.78, 5) is 26.0. The zero-order valence-corrected chi connectivity index (χ0v) is 13.5. The molecule has 6 nitrogen and oxygen atoms in total. The van der Waals surface area contributed by atoms with E-state index in [1.807, 2.05) is 4.90 Å². The van der Waals surface area contributed by atoms with Crippen molar-refractivity contribution in [1.29, 1.82) is 0 Å². The second kappa shape index (κ2) is 5.10. The molecule has 2 amide bonds. The van der Waals surface area contributed by atoms with Crippen LogP contribution in [0.2, 0.25) is 0 Å². The molecule has 4 saturated carbocycles. The highest BCUT2D eigenvalue weighted by atomic mass is 16.6. The lowest BCUT2D eigenvalue weighted by atomic mass is 9.47. The highest BCUT2D eigenvalue weighted by Gasteiger charge is 2.60. The van der Waals surface area contributed by atoms with Crippen molar-refractivity contribution in [1.82, 2.24) is 4.90 Å². The molecule has 5 aliphatic rings. The monoisotopic (exact) mass is 322 g/mol. The van der Waals surface area contributed by atoms with Crippen LogP contribution < -0.4 is 5.73 Å². The molecule has 0 aromatic rings. The van der Waals surface area contributed by atoms with E-state index in [0.717, 1.165) is 25.7 Å². The van der Waals surface area contributed by atoms with E-state index in [4.69, 9.17) is 10.5 Å². The average Bonchev–Trinajstić information content (AvgIpc) is 2.44. The first kappa shape index (κ1) is 15.2. The van der Waals surface area contributed by atoms with Crippen LogP contribution in [0.15, 0.2) is 0 Å². The number of ether oxygens (including phenoxy) is 1. The van der Waals surface area contributed by atoms with E-state index in [1.54, 1.807) is 0 Å². The van der Waals surface area contributed by atoms with Crippen molar-refractivity contribution in [3.8, 4) is 0 Å². The molecule has 5 rings (SSSR count). The number of aliphatic hydroxyl groups is 1. The second-order valence-electron chi connectivity index (χ2n) is 8.39. The van der Waals surface area contributed by atoms with Crippen molar-refractivity contribution < 1.29 is 19.4 Å². The number of hydrogen-bond donors (Lipinski definition) is 2. The fourth-order valence-corrected chi connectivity index (χ4v) is 6.14. The number of carbonyl (C=O) groups excluding carboxylic acids is 2. The largest absolute Gasteiger partial charge is 0.446 e. The van der Waals surface area contributed by atoms with E-state index in [9.17, 15) is 14.7 Å². The standard InChI is InChI=1S/C17H26N2O4/c18-15(21)23-13-1-3-19(4-2-13)14(20)16-6-11-5-12(7-16)9-17(22,8-11)10-16/h11-13,22H,1-10H2,(H2,18,21). The predicted molar refractivity (Wildman–Crippen MR) is 82.3 cm³/mol. The topological polar surface area (TPSA) is 92.9 Å². The summed E-state index contributed by atoms with van der Waals surface area (Å²) >= 11 is 0. The third-order valence-electron chi connectivity index (χ3n) is 6.50. The zero-order valence-electron chi connectivity index (χ0n) is 13.5. The van der Waals surface area contributed by atoms with Crippen molar-refractivity contribution in [3.05, 3.63) is 0 Å². The van der Waals surface area contributed by atoms with Gasteiger partial charge in [-0.15, -0.1) is 0 Å². The maximum absolute atomic E-state index is 13.2. The van der Waals surface area contributed by atoms with Crippen LogP contribution in [-0.2, 0) is 9.53 Å². The molecule has 0 aromatic carbocycles. The quantitative estimate of drug-likeness (QED) is 0.804. The molecular weight excluding hydrogens is 296 g/mol. The number of hydrogen-bond acceptors (Lipinski definition) is 4. The molecule has 6 heteroatoms. The number of amides is 2. The normalized spacial score (nSPS) is 42.7. The lowest BCUT2D eigenvalue weighted by Gasteiger charge is -2.60. The SMILES string of the molecule is NC(=O)OC1CCN(C(=O)C23CC4CC(CC(O)(C4)C2)C3)CC1. The molecule has 0 aromatic heterocycles. The van der Waals surface area contributed by atoms with Gasteiger partial charge < -0.3 is 20.5 Å². The van der Waals surface area contributed by atoms with Crippen molar-refractivity contribution in [2.45, 2.75) is 63.1 Å². The third-order valence-corrected chi connectivity index (χ3v) is 6.50. The maximum atomic E-state index is 13.2. The fourth-order valence-electron chi connectivity index (χ4n) is 6.14. The minimum atomic E-state index is -0.738. The van der Waals surface area contributed by atoms with Gasteiger partial charge in [0, 0.05) is 25.9 Å². The van der Waals surface area contributed by atoms with Crippen molar-refractivity contribution in [2.75, 3.05) is 13.1 Å². The Balaban J connectivity index is 1.45. The van der Waals surface area contributed by atoms with Gasteiger partial charge in [-0.3, -0.25) is 4.79 Å². The van der Waals surface area contributed by atoms with Gasteiger partial charge in [0.2, 0.25) is 5.91 Å². The van der Waals surface area contributed by atoms with Crippen LogP contribution in [0.4, 0.5) is 4.79 Å². The van der Waals surface area contributed by atoms with Gasteiger partial charge in [-0.05, 0) is 50.4 Å². The summed E-state index contributed by atoms with van der Waals surface area (Å²) in [5, 5.41) is 10.8. The van der Waals surface area contributed by atoms with E-state index < -0.39 is 11.7 Å². The summed E-state index contributed by atoms with van der Waals surface area (Å²) in [5.41, 5.74) is 4.12. The van der Waals surface area contributed by atoms with Gasteiger partial charge in [-0.25, -0.2) is 4.79 Å². The number of nitrogens with zero attached hydrogens (tertiary/aromatic N) is 1. The Morgan fingerprint density at radius 1 is 1.09 bits per heavy atom. The highest BCUT2D eigenvalue weighted by molar-refractivity contribution is 5.83. The molecule has 3 N–H and O–H groups in total. The van der Waals surface area contributed by atoms with E-state index in [-0.39, 0.29) is 17.4 Å². The smallest absolute Gasteiger partial charge is 0.404 e. The van der Waals surface area contributed by atoms with E-state index >= 15 is 0 Å². The fraction of sp³-hybridized carbons (Fsp3) is 0.882. The van der Waals surface area contributed by atoms with Crippen molar-refractivity contribution in [3.63, 3.8) is 0 Å². The molecule has 2 unspecified atom stereocenters. The van der Waals surface area contributed by atoms with Crippen LogP contribution in [0, 0.1) is 17.3 Å². The summed E-state index contributed by atoms with van der Waals surface area (Å²) in [6.07, 6.45) is 5.89. The Bertz CT molecular complexity index is 513. The third kappa shape index (κ3) is 2.61. The minimum Gasteiger partial charge on any atom is -0.446 e. The van der Waals surface area contributed by atoms with E-state index in [1.165, 1.54) is 6.42 Å². The highest BCUT2D eigenvalue weighted by Crippen LogP contribution is 2.62. The molecule has 0 radical (unpaired) electrons. The summed E-state index contributed by atoms with van der Waals surface area (Å²) < 4.78 is 5.05. The van der Waals surface area contributed by atoms with E-state index in [0.29, 0.717) is 44.2 Å². The lowest BCUT2D eigenvalue weighted by Crippen LogP contribution is -2.61. The molecule has 2 atom stereocenters. The Kier molecular flexibility index (Phi) is 3.38. The number of likely N-dealkylation sites (tertiary alicyclic amines) is 1. The maximum Gasteiger partial charge on any atom is 0.404 e. The number of nitrogens with two attached hydrogens (primary N) is 1. The van der Waals surface area contributed by atoms with Crippen LogP contribution in [0.5, 0.6) is 0 Å². The van der Waals surface area contributed by atoms with Crippen molar-refractivity contribution >= 4 is 12.0 Å². The molecule has 0 spiro atoms. The van der Waals surface area contributed by atoms with Crippen LogP contribution in [0.3, 0.4) is 0 Å². The van der Waals surface area contributed by atoms with Crippen LogP contribution in [-0.4, -0.2) is 46.8 Å². The Morgan fingerprint density at radius 3 is 2.22 bits per heavy atom. The van der Waals surface area contributed by atoms with Gasteiger partial charge in [-0.2, -0.15) is 0 Å². The van der Waals surface area contributed by atoms with Gasteiger partial charge in [0.25, 0.3) is 0 Å². The first-order chi connectivity index (χ1) is 10.9. The molecule has 128 valence electrons. The summed E-state index contributed by atoms with van der Waals surface area (Å²) in [5.74, 6) is 1.25. The summed E-state index contributed by atoms with van der Waals surface area (Å²) in [6, 6.07) is 0.